The molecule has 8 amide bonds. The molecule has 52 heavy (non-hydrogen) atoms. The lowest BCUT2D eigenvalue weighted by Crippen LogP contribution is -2.62. The molecule has 0 aliphatic rings. The van der Waals surface area contributed by atoms with Crippen LogP contribution in [0.25, 0.3) is 0 Å². The Labute approximate surface area is 303 Å². The lowest BCUT2D eigenvalue weighted by molar-refractivity contribution is -0.147. The second-order valence-electron chi connectivity index (χ2n) is 12.2. The molecule has 0 saturated heterocycles. The molecule has 276 valence electrons. The number of unbranched alkanes of at least 4 members (excludes halogenated alkanes) is 1. The molecule has 0 radical (unpaired) electrons. The molecular weight excluding hydrogens is 666 g/mol. The maximum atomic E-state index is 14.3. The molecule has 14 heteroatoms. The van der Waals surface area contributed by atoms with Crippen molar-refractivity contribution in [2.45, 2.75) is 70.6 Å². The normalized spacial score (nSPS) is 11.7. The maximum absolute atomic E-state index is 14.3. The van der Waals surface area contributed by atoms with E-state index in [-0.39, 0.29) is 32.1 Å². The van der Waals surface area contributed by atoms with Crippen molar-refractivity contribution in [3.05, 3.63) is 108 Å². The van der Waals surface area contributed by atoms with Gasteiger partial charge in [0.05, 0.1) is 0 Å². The molecule has 0 unspecified atom stereocenters. The van der Waals surface area contributed by atoms with Gasteiger partial charge in [0.1, 0.15) is 18.9 Å². The summed E-state index contributed by atoms with van der Waals surface area (Å²) in [7, 11) is 0. The van der Waals surface area contributed by atoms with Gasteiger partial charge in [-0.05, 0) is 55.3 Å². The summed E-state index contributed by atoms with van der Waals surface area (Å²) in [6, 6.07) is 25.1. The number of aryl methyl sites for hydroxylation is 2. The molecule has 0 bridgehead atoms. The number of nitrogens with zero attached hydrogens (tertiary/aromatic N) is 2. The van der Waals surface area contributed by atoms with Crippen LogP contribution in [0.3, 0.4) is 0 Å². The molecule has 0 heterocycles. The smallest absolute Gasteiger partial charge is 0.327 e. The molecule has 2 atom stereocenters. The number of Topliss-reactive ketones (excluding diaryl/α,β-unsaturated/α-hetero) is 1. The predicted octanol–water partition coefficient (Wildman–Crippen LogP) is 2.54. The quantitative estimate of drug-likeness (QED) is 0.0706. The highest BCUT2D eigenvalue weighted by Gasteiger charge is 2.35. The second kappa shape index (κ2) is 21.4. The second-order valence-corrected chi connectivity index (χ2v) is 12.2. The zero-order valence-corrected chi connectivity index (χ0v) is 29.3. The van der Waals surface area contributed by atoms with E-state index in [2.05, 4.69) is 16.0 Å². The van der Waals surface area contributed by atoms with E-state index in [1.165, 1.54) is 0 Å². The van der Waals surface area contributed by atoms with Gasteiger partial charge in [0.15, 0.2) is 0 Å². The van der Waals surface area contributed by atoms with Gasteiger partial charge < -0.3 is 27.0 Å². The van der Waals surface area contributed by atoms with Crippen LogP contribution in [0.5, 0.6) is 0 Å². The Hall–Kier alpha value is -5.89. The van der Waals surface area contributed by atoms with Gasteiger partial charge in [0.25, 0.3) is 5.91 Å². The van der Waals surface area contributed by atoms with E-state index in [0.717, 1.165) is 27.9 Å². The summed E-state index contributed by atoms with van der Waals surface area (Å²) in [5.74, 6) is -4.16. The minimum absolute atomic E-state index is 0.0104. The maximum Gasteiger partial charge on any atom is 0.327 e. The third-order valence-corrected chi connectivity index (χ3v) is 8.06. The monoisotopic (exact) mass is 713 g/mol. The van der Waals surface area contributed by atoms with Gasteiger partial charge >= 0.3 is 12.1 Å². The van der Waals surface area contributed by atoms with Crippen LogP contribution in [0.1, 0.15) is 55.7 Å². The minimum atomic E-state index is -1.32. The molecule has 14 nitrogen and oxygen atoms in total. The average molecular weight is 714 g/mol. The Balaban J connectivity index is 1.95. The third-order valence-electron chi connectivity index (χ3n) is 8.06. The number of benzene rings is 3. The number of carbonyl (C=O) groups excluding carboxylic acids is 7. The summed E-state index contributed by atoms with van der Waals surface area (Å²) < 4.78 is 0. The summed E-state index contributed by atoms with van der Waals surface area (Å²) in [6.45, 7) is 0.623. The molecule has 3 aromatic rings. The zero-order chi connectivity index (χ0) is 37.9. The van der Waals surface area contributed by atoms with Crippen LogP contribution in [0.4, 0.5) is 9.59 Å². The molecule has 3 rings (SSSR count). The van der Waals surface area contributed by atoms with Gasteiger partial charge in [-0.15, -0.1) is 0 Å². The Morgan fingerprint density at radius 1 is 0.692 bits per heavy atom. The molecule has 0 fully saturated rings. The zero-order valence-electron chi connectivity index (χ0n) is 29.3. The van der Waals surface area contributed by atoms with Crippen molar-refractivity contribution in [1.29, 1.82) is 0 Å². The van der Waals surface area contributed by atoms with E-state index in [9.17, 15) is 33.6 Å². The number of primary amides is 1. The fourth-order valence-corrected chi connectivity index (χ4v) is 5.45. The number of nitrogens with one attached hydrogen (secondary N) is 3. The van der Waals surface area contributed by atoms with E-state index in [1.807, 2.05) is 60.7 Å². The van der Waals surface area contributed by atoms with Crippen LogP contribution in [-0.2, 0) is 43.2 Å². The highest BCUT2D eigenvalue weighted by atomic mass is 16.2. The molecule has 0 aliphatic carbocycles. The summed E-state index contributed by atoms with van der Waals surface area (Å²) in [5, 5.41) is 7.55. The van der Waals surface area contributed by atoms with E-state index >= 15 is 0 Å². The number of imide groups is 2. The van der Waals surface area contributed by atoms with Crippen molar-refractivity contribution in [3.8, 4) is 0 Å². The Morgan fingerprint density at radius 2 is 1.23 bits per heavy atom. The van der Waals surface area contributed by atoms with Crippen LogP contribution >= 0.6 is 0 Å². The van der Waals surface area contributed by atoms with Crippen molar-refractivity contribution in [2.24, 2.45) is 11.5 Å². The minimum Gasteiger partial charge on any atom is -0.368 e. The number of hydrogen-bond acceptors (Lipinski definition) is 8. The highest BCUT2D eigenvalue weighted by molar-refractivity contribution is 6.35. The molecule has 0 aromatic heterocycles. The first-order chi connectivity index (χ1) is 25.0. The number of nitrogens with two attached hydrogens (primary N) is 2. The number of hydrogen-bond donors (Lipinski definition) is 5. The van der Waals surface area contributed by atoms with E-state index < -0.39 is 60.4 Å². The molecule has 0 spiro atoms. The van der Waals surface area contributed by atoms with Crippen LogP contribution in [0, 0.1) is 0 Å². The highest BCUT2D eigenvalue weighted by Crippen LogP contribution is 2.15. The number of rotatable bonds is 19. The molecular formula is C38H47N7O7. The van der Waals surface area contributed by atoms with Gasteiger partial charge in [-0.2, -0.15) is 0 Å². The predicted molar refractivity (Wildman–Crippen MR) is 194 cm³/mol. The SMILES string of the molecule is CC(=O)C(=O)N(CC(N)=O)[C@@H](Cc1ccccc1)NC(=O)N(C(=O)CCc1ccccc1)[C@H](CCCCN)NC(=O)NC(=O)CCc1ccccc1. The summed E-state index contributed by atoms with van der Waals surface area (Å²) in [5.41, 5.74) is 13.5. The van der Waals surface area contributed by atoms with Crippen molar-refractivity contribution < 1.29 is 33.6 Å². The van der Waals surface area contributed by atoms with E-state index in [0.29, 0.717) is 31.4 Å². The summed E-state index contributed by atoms with van der Waals surface area (Å²) in [6.07, 6.45) is -1.17. The summed E-state index contributed by atoms with van der Waals surface area (Å²) in [4.78, 5) is 93.4. The van der Waals surface area contributed by atoms with E-state index in [4.69, 9.17) is 11.5 Å². The third kappa shape index (κ3) is 13.8. The fourth-order valence-electron chi connectivity index (χ4n) is 5.45. The number of amides is 8. The first-order valence-corrected chi connectivity index (χ1v) is 17.1. The molecule has 0 aliphatic heterocycles. The molecule has 7 N–H and O–H groups in total. The standard InChI is InChI=1S/C38H47N7O7/c1-27(46)36(50)44(26-31(40)47)33(25-30-17-9-4-10-18-30)42-38(52)45(35(49)23-21-29-15-7-3-8-16-29)32(19-11-12-24-39)41-37(51)43-34(48)22-20-28-13-5-2-6-14-28/h2-10,13-18,32-33H,11-12,19-26,39H2,1H3,(H2,40,47)(H,42,52)(H2,41,43,48,51)/t32-,33+/m1/s1. The van der Waals surface area contributed by atoms with Crippen LogP contribution in [0.2, 0.25) is 0 Å². The van der Waals surface area contributed by atoms with Crippen molar-refractivity contribution in [1.82, 2.24) is 25.8 Å². The van der Waals surface area contributed by atoms with Crippen LogP contribution < -0.4 is 27.4 Å². The lowest BCUT2D eigenvalue weighted by Gasteiger charge is -2.35. The number of carbonyl (C=O) groups is 7. The van der Waals surface area contributed by atoms with Crippen molar-refractivity contribution in [2.75, 3.05) is 13.1 Å². The van der Waals surface area contributed by atoms with Gasteiger partial charge in [-0.3, -0.25) is 29.3 Å². The number of ketones is 1. The Morgan fingerprint density at radius 3 is 1.75 bits per heavy atom. The average Bonchev–Trinajstić information content (AvgIpc) is 3.12. The van der Waals surface area contributed by atoms with Crippen molar-refractivity contribution in [3.63, 3.8) is 0 Å². The van der Waals surface area contributed by atoms with E-state index in [1.54, 1.807) is 30.3 Å². The van der Waals surface area contributed by atoms with Gasteiger partial charge in [0.2, 0.25) is 23.5 Å². The first-order valence-electron chi connectivity index (χ1n) is 17.1. The largest absolute Gasteiger partial charge is 0.368 e. The Kier molecular flexibility index (Phi) is 16.6. The van der Waals surface area contributed by atoms with Gasteiger partial charge in [-0.1, -0.05) is 91.0 Å². The first kappa shape index (κ1) is 40.5. The summed E-state index contributed by atoms with van der Waals surface area (Å²) >= 11 is 0. The van der Waals surface area contributed by atoms with Gasteiger partial charge in [0, 0.05) is 26.2 Å². The van der Waals surface area contributed by atoms with Crippen LogP contribution in [0.15, 0.2) is 91.0 Å². The van der Waals surface area contributed by atoms with Crippen LogP contribution in [-0.4, -0.2) is 76.7 Å². The molecule has 3 aromatic carbocycles. The fraction of sp³-hybridized carbons (Fsp3) is 0.342. The van der Waals surface area contributed by atoms with Gasteiger partial charge in [-0.25, -0.2) is 14.5 Å². The molecule has 0 saturated carbocycles. The topological polar surface area (TPSA) is 214 Å². The lowest BCUT2D eigenvalue weighted by atomic mass is 10.1. The Bertz CT molecular complexity index is 1660. The number of urea groups is 2. The van der Waals surface area contributed by atoms with Crippen molar-refractivity contribution >= 4 is 41.5 Å².